The van der Waals surface area contributed by atoms with E-state index in [-0.39, 0.29) is 30.0 Å². The predicted octanol–water partition coefficient (Wildman–Crippen LogP) is 3.84. The number of hydrogen-bond acceptors (Lipinski definition) is 5. The molecule has 0 aliphatic rings. The number of rotatable bonds is 12. The lowest BCUT2D eigenvalue weighted by Gasteiger charge is -2.16. The van der Waals surface area contributed by atoms with Crippen LogP contribution in [-0.4, -0.2) is 49.2 Å². The molecule has 0 spiro atoms. The van der Waals surface area contributed by atoms with Gasteiger partial charge in [0.2, 0.25) is 0 Å². The maximum absolute atomic E-state index is 13.1. The van der Waals surface area contributed by atoms with Crippen LogP contribution in [0.4, 0.5) is 17.6 Å². The maximum atomic E-state index is 13.1. The summed E-state index contributed by atoms with van der Waals surface area (Å²) in [6, 6.07) is 10.8. The van der Waals surface area contributed by atoms with Crippen molar-refractivity contribution < 1.29 is 41.7 Å². The third kappa shape index (κ3) is 8.93. The Kier molecular flexibility index (Phi) is 10.1. The third-order valence-corrected chi connectivity index (χ3v) is 4.29. The maximum Gasteiger partial charge on any atom is 0.461 e. The lowest BCUT2D eigenvalue weighted by atomic mass is 10.1. The quantitative estimate of drug-likeness (QED) is 0.305. The van der Waals surface area contributed by atoms with Gasteiger partial charge in [-0.1, -0.05) is 26.0 Å². The van der Waals surface area contributed by atoms with Crippen LogP contribution < -0.4 is 20.1 Å². The zero-order valence-corrected chi connectivity index (χ0v) is 19.1. The molecule has 0 bridgehead atoms. The summed E-state index contributed by atoms with van der Waals surface area (Å²) >= 11 is 0. The Morgan fingerprint density at radius 1 is 1.03 bits per heavy atom. The van der Waals surface area contributed by atoms with E-state index < -0.39 is 30.1 Å². The van der Waals surface area contributed by atoms with Gasteiger partial charge in [0.25, 0.3) is 11.8 Å². The van der Waals surface area contributed by atoms with Gasteiger partial charge in [-0.3, -0.25) is 9.59 Å². The molecule has 2 aromatic carbocycles. The molecular weight excluding hydrogens is 472 g/mol. The van der Waals surface area contributed by atoms with Gasteiger partial charge in [-0.15, -0.1) is 0 Å². The number of alkyl halides is 4. The Morgan fingerprint density at radius 3 is 2.17 bits per heavy atom. The van der Waals surface area contributed by atoms with Crippen LogP contribution in [0.15, 0.2) is 54.2 Å². The number of hydrogen-bond donors (Lipinski definition) is 3. The Balaban J connectivity index is 2.19. The third-order valence-electron chi connectivity index (χ3n) is 4.29. The minimum Gasteiger partial charge on any atom is -0.493 e. The van der Waals surface area contributed by atoms with E-state index in [0.29, 0.717) is 18.3 Å². The Labute approximate surface area is 199 Å². The van der Waals surface area contributed by atoms with Crippen LogP contribution in [0.3, 0.4) is 0 Å². The van der Waals surface area contributed by atoms with E-state index in [9.17, 15) is 27.2 Å². The first-order chi connectivity index (χ1) is 16.5. The molecule has 2 aromatic rings. The Morgan fingerprint density at radius 2 is 1.63 bits per heavy atom. The highest BCUT2D eigenvalue weighted by atomic mass is 19.3. The molecule has 0 fully saturated rings. The fourth-order valence-corrected chi connectivity index (χ4v) is 2.58. The van der Waals surface area contributed by atoms with Crippen molar-refractivity contribution in [2.45, 2.75) is 26.4 Å². The van der Waals surface area contributed by atoms with Gasteiger partial charge < -0.3 is 25.2 Å². The molecule has 2 amide bonds. The summed E-state index contributed by atoms with van der Waals surface area (Å²) in [5.41, 5.74) is 0.320. The number of benzene rings is 2. The van der Waals surface area contributed by atoms with Crippen LogP contribution in [0, 0.1) is 5.92 Å². The first kappa shape index (κ1) is 27.6. The highest BCUT2D eigenvalue weighted by molar-refractivity contribution is 6.05. The molecule has 0 atom stereocenters. The Bertz CT molecular complexity index is 1010. The van der Waals surface area contributed by atoms with Crippen LogP contribution in [0.2, 0.25) is 0 Å². The summed E-state index contributed by atoms with van der Waals surface area (Å²) in [5, 5.41) is 13.8. The second kappa shape index (κ2) is 12.7. The minimum atomic E-state index is -4.66. The molecule has 0 aromatic heterocycles. The molecule has 11 heteroatoms. The Hall–Kier alpha value is -3.60. The van der Waals surface area contributed by atoms with Crippen molar-refractivity contribution in [2.24, 2.45) is 5.92 Å². The van der Waals surface area contributed by atoms with E-state index in [4.69, 9.17) is 9.84 Å². The van der Waals surface area contributed by atoms with Gasteiger partial charge in [0.1, 0.15) is 17.2 Å². The highest BCUT2D eigenvalue weighted by Gasteiger charge is 2.43. The van der Waals surface area contributed by atoms with Gasteiger partial charge in [-0.05, 0) is 54.0 Å². The van der Waals surface area contributed by atoms with E-state index in [1.807, 2.05) is 13.8 Å². The van der Waals surface area contributed by atoms with Crippen molar-refractivity contribution in [3.8, 4) is 11.5 Å². The lowest BCUT2D eigenvalue weighted by Crippen LogP contribution is -2.36. The van der Waals surface area contributed by atoms with E-state index in [0.717, 1.165) is 12.1 Å². The second-order valence-corrected chi connectivity index (χ2v) is 7.75. The van der Waals surface area contributed by atoms with Gasteiger partial charge in [-0.2, -0.15) is 17.6 Å². The molecule has 7 nitrogen and oxygen atoms in total. The fourth-order valence-electron chi connectivity index (χ4n) is 2.58. The van der Waals surface area contributed by atoms with Crippen molar-refractivity contribution in [3.05, 3.63) is 65.4 Å². The summed E-state index contributed by atoms with van der Waals surface area (Å²) in [6.45, 7) is 4.08. The average Bonchev–Trinajstić information content (AvgIpc) is 2.81. The summed E-state index contributed by atoms with van der Waals surface area (Å²) < 4.78 is 60.3. The van der Waals surface area contributed by atoms with E-state index >= 15 is 0 Å². The van der Waals surface area contributed by atoms with Crippen molar-refractivity contribution >= 4 is 17.9 Å². The SMILES string of the molecule is CC(C)COc1ccc(C(=O)NC(=Cc2ccc(OC(F)(F)C(F)F)cc2)C(=O)NCCO)cc1. The number of carbonyl (C=O) groups excluding carboxylic acids is 2. The predicted molar refractivity (Wildman–Crippen MR) is 120 cm³/mol. The number of aliphatic hydroxyl groups is 1. The van der Waals surface area contributed by atoms with Crippen LogP contribution in [0.25, 0.3) is 6.08 Å². The number of ether oxygens (including phenoxy) is 2. The first-order valence-electron chi connectivity index (χ1n) is 10.6. The normalized spacial score (nSPS) is 12.0. The lowest BCUT2D eigenvalue weighted by molar-refractivity contribution is -0.253. The van der Waals surface area contributed by atoms with Crippen molar-refractivity contribution in [1.82, 2.24) is 10.6 Å². The van der Waals surface area contributed by atoms with E-state index in [1.165, 1.54) is 30.3 Å². The topological polar surface area (TPSA) is 96.9 Å². The molecule has 190 valence electrons. The zero-order chi connectivity index (χ0) is 26.0. The van der Waals surface area contributed by atoms with E-state index in [1.54, 1.807) is 12.1 Å². The monoisotopic (exact) mass is 498 g/mol. The second-order valence-electron chi connectivity index (χ2n) is 7.75. The molecule has 0 aliphatic carbocycles. The summed E-state index contributed by atoms with van der Waals surface area (Å²) in [7, 11) is 0. The number of aliphatic hydroxyl groups excluding tert-OH is 1. The largest absolute Gasteiger partial charge is 0.493 e. The standard InChI is InChI=1S/C24H26F4N2O5/c1-15(2)14-34-18-9-5-17(6-10-18)21(32)30-20(22(33)29-11-12-31)13-16-3-7-19(8-4-16)35-24(27,28)23(25)26/h3-10,13,15,23,31H,11-12,14H2,1-2H3,(H,29,33)(H,30,32). The van der Waals surface area contributed by atoms with Gasteiger partial charge in [0.15, 0.2) is 0 Å². The number of nitrogens with one attached hydrogen (secondary N) is 2. The summed E-state index contributed by atoms with van der Waals surface area (Å²) in [6.07, 6.45) is -7.41. The number of carbonyl (C=O) groups is 2. The molecule has 0 saturated heterocycles. The van der Waals surface area contributed by atoms with Crippen molar-refractivity contribution in [1.29, 1.82) is 0 Å². The number of amides is 2. The summed E-state index contributed by atoms with van der Waals surface area (Å²) in [4.78, 5) is 25.2. The molecule has 0 saturated carbocycles. The molecular formula is C24H26F4N2O5. The van der Waals surface area contributed by atoms with Gasteiger partial charge in [-0.25, -0.2) is 0 Å². The van der Waals surface area contributed by atoms with Crippen LogP contribution in [0.1, 0.15) is 29.8 Å². The molecule has 35 heavy (non-hydrogen) atoms. The molecule has 3 N–H and O–H groups in total. The van der Waals surface area contributed by atoms with Crippen LogP contribution in [-0.2, 0) is 4.79 Å². The van der Waals surface area contributed by atoms with Gasteiger partial charge in [0.05, 0.1) is 13.2 Å². The van der Waals surface area contributed by atoms with Crippen molar-refractivity contribution in [2.75, 3.05) is 19.8 Å². The van der Waals surface area contributed by atoms with Gasteiger partial charge >= 0.3 is 12.5 Å². The zero-order valence-electron chi connectivity index (χ0n) is 19.1. The minimum absolute atomic E-state index is 0.0799. The fraction of sp³-hybridized carbons (Fsp3) is 0.333. The average molecular weight is 498 g/mol. The molecule has 0 radical (unpaired) electrons. The molecule has 0 heterocycles. The molecule has 0 unspecified atom stereocenters. The summed E-state index contributed by atoms with van der Waals surface area (Å²) in [5.74, 6) is -0.935. The van der Waals surface area contributed by atoms with Crippen LogP contribution in [0.5, 0.6) is 11.5 Å². The molecule has 2 rings (SSSR count). The first-order valence-corrected chi connectivity index (χ1v) is 10.6. The van der Waals surface area contributed by atoms with E-state index in [2.05, 4.69) is 15.4 Å². The number of halogens is 4. The molecule has 0 aliphatic heterocycles. The van der Waals surface area contributed by atoms with Crippen molar-refractivity contribution in [3.63, 3.8) is 0 Å². The smallest absolute Gasteiger partial charge is 0.461 e. The highest BCUT2D eigenvalue weighted by Crippen LogP contribution is 2.27. The van der Waals surface area contributed by atoms with Gasteiger partial charge in [0, 0.05) is 12.1 Å². The van der Waals surface area contributed by atoms with Crippen LogP contribution >= 0.6 is 0 Å².